The second-order valence-corrected chi connectivity index (χ2v) is 7.16. The Balaban J connectivity index is 1.82. The van der Waals surface area contributed by atoms with Gasteiger partial charge in [0, 0.05) is 18.4 Å². The van der Waals surface area contributed by atoms with E-state index >= 15 is 0 Å². The first-order valence-electron chi connectivity index (χ1n) is 6.05. The van der Waals surface area contributed by atoms with Crippen molar-refractivity contribution in [2.45, 2.75) is 37.8 Å². The standard InChI is InChI=1S/C11H16BrN3O3S/c1-19(16,17)18-10-4-2-9(3-5-10)15-11-13-6-8(12)7-14-11/h6-7,9-10H,2-5H2,1H3,(H,13,14,15)/t9-,10-. The van der Waals surface area contributed by atoms with Crippen LogP contribution in [0, 0.1) is 0 Å². The van der Waals surface area contributed by atoms with E-state index in [1.165, 1.54) is 0 Å². The van der Waals surface area contributed by atoms with Crippen molar-refractivity contribution in [1.82, 2.24) is 9.97 Å². The molecule has 0 amide bonds. The summed E-state index contributed by atoms with van der Waals surface area (Å²) in [6.45, 7) is 0. The molecule has 0 atom stereocenters. The van der Waals surface area contributed by atoms with Gasteiger partial charge in [0.2, 0.25) is 5.95 Å². The summed E-state index contributed by atoms with van der Waals surface area (Å²) < 4.78 is 27.9. The van der Waals surface area contributed by atoms with E-state index in [9.17, 15) is 8.42 Å². The molecule has 1 saturated carbocycles. The third-order valence-electron chi connectivity index (χ3n) is 2.94. The van der Waals surface area contributed by atoms with Crippen molar-refractivity contribution >= 4 is 32.0 Å². The Morgan fingerprint density at radius 3 is 2.37 bits per heavy atom. The van der Waals surface area contributed by atoms with Crippen molar-refractivity contribution in [3.63, 3.8) is 0 Å². The van der Waals surface area contributed by atoms with E-state index in [4.69, 9.17) is 4.18 Å². The van der Waals surface area contributed by atoms with Crippen molar-refractivity contribution in [1.29, 1.82) is 0 Å². The van der Waals surface area contributed by atoms with E-state index in [-0.39, 0.29) is 12.1 Å². The van der Waals surface area contributed by atoms with Gasteiger partial charge in [-0.05, 0) is 41.6 Å². The van der Waals surface area contributed by atoms with Crippen molar-refractivity contribution in [2.75, 3.05) is 11.6 Å². The van der Waals surface area contributed by atoms with Gasteiger partial charge in [0.05, 0.1) is 16.8 Å². The maximum atomic E-state index is 11.0. The number of anilines is 1. The third-order valence-corrected chi connectivity index (χ3v) is 3.97. The van der Waals surface area contributed by atoms with Gasteiger partial charge in [-0.1, -0.05) is 0 Å². The predicted octanol–water partition coefficient (Wildman–Crippen LogP) is 1.94. The molecule has 0 aliphatic heterocycles. The topological polar surface area (TPSA) is 81.2 Å². The largest absolute Gasteiger partial charge is 0.351 e. The average Bonchev–Trinajstić information content (AvgIpc) is 2.33. The Bertz CT molecular complexity index is 512. The van der Waals surface area contributed by atoms with Gasteiger partial charge >= 0.3 is 0 Å². The van der Waals surface area contributed by atoms with Gasteiger partial charge in [0.25, 0.3) is 10.1 Å². The summed E-state index contributed by atoms with van der Waals surface area (Å²) >= 11 is 3.28. The Morgan fingerprint density at radius 1 is 1.26 bits per heavy atom. The van der Waals surface area contributed by atoms with Crippen LogP contribution in [-0.4, -0.2) is 36.8 Å². The lowest BCUT2D eigenvalue weighted by molar-refractivity contribution is 0.158. The SMILES string of the molecule is CS(=O)(=O)O[C@H]1CC[C@H](Nc2ncc(Br)cn2)CC1. The summed E-state index contributed by atoms with van der Waals surface area (Å²) in [7, 11) is -3.36. The fourth-order valence-corrected chi connectivity index (χ4v) is 3.01. The van der Waals surface area contributed by atoms with Crippen LogP contribution in [0.1, 0.15) is 25.7 Å². The maximum Gasteiger partial charge on any atom is 0.264 e. The van der Waals surface area contributed by atoms with E-state index in [1.54, 1.807) is 12.4 Å². The molecule has 6 nitrogen and oxygen atoms in total. The molecule has 0 unspecified atom stereocenters. The first-order chi connectivity index (χ1) is 8.92. The molecule has 1 heterocycles. The monoisotopic (exact) mass is 349 g/mol. The molecule has 1 aliphatic rings. The van der Waals surface area contributed by atoms with E-state index < -0.39 is 10.1 Å². The first-order valence-corrected chi connectivity index (χ1v) is 8.66. The summed E-state index contributed by atoms with van der Waals surface area (Å²) in [6, 6.07) is 0.264. The molecule has 0 aromatic carbocycles. The first kappa shape index (κ1) is 14.7. The molecule has 0 spiro atoms. The molecule has 1 fully saturated rings. The highest BCUT2D eigenvalue weighted by molar-refractivity contribution is 9.10. The second-order valence-electron chi connectivity index (χ2n) is 4.64. The van der Waals surface area contributed by atoms with E-state index in [0.717, 1.165) is 36.4 Å². The number of hydrogen-bond donors (Lipinski definition) is 1. The zero-order valence-corrected chi connectivity index (χ0v) is 12.9. The minimum atomic E-state index is -3.36. The van der Waals surface area contributed by atoms with Gasteiger partial charge in [-0.15, -0.1) is 0 Å². The zero-order chi connectivity index (χ0) is 13.9. The highest BCUT2D eigenvalue weighted by Crippen LogP contribution is 2.24. The number of hydrogen-bond acceptors (Lipinski definition) is 6. The highest BCUT2D eigenvalue weighted by atomic mass is 79.9. The van der Waals surface area contributed by atoms with Crippen LogP contribution in [0.3, 0.4) is 0 Å². The van der Waals surface area contributed by atoms with Gasteiger partial charge in [-0.25, -0.2) is 9.97 Å². The van der Waals surface area contributed by atoms with Crippen LogP contribution >= 0.6 is 15.9 Å². The lowest BCUT2D eigenvalue weighted by Crippen LogP contribution is -2.31. The Morgan fingerprint density at radius 2 is 1.84 bits per heavy atom. The summed E-state index contributed by atoms with van der Waals surface area (Å²) in [5.74, 6) is 0.593. The Hall–Kier alpha value is -0.730. The molecular weight excluding hydrogens is 334 g/mol. The van der Waals surface area contributed by atoms with Gasteiger partial charge in [-0.3, -0.25) is 4.18 Å². The average molecular weight is 350 g/mol. The van der Waals surface area contributed by atoms with Gasteiger partial charge in [0.1, 0.15) is 0 Å². The molecule has 1 N–H and O–H groups in total. The Kier molecular flexibility index (Phi) is 4.75. The van der Waals surface area contributed by atoms with Crippen LogP contribution in [0.15, 0.2) is 16.9 Å². The molecule has 1 aromatic heterocycles. The summed E-state index contributed by atoms with van der Waals surface area (Å²) in [5.41, 5.74) is 0. The van der Waals surface area contributed by atoms with Crippen LogP contribution in [0.5, 0.6) is 0 Å². The van der Waals surface area contributed by atoms with Gasteiger partial charge in [-0.2, -0.15) is 8.42 Å². The van der Waals surface area contributed by atoms with Crippen LogP contribution in [0.4, 0.5) is 5.95 Å². The van der Waals surface area contributed by atoms with Crippen LogP contribution in [0.25, 0.3) is 0 Å². The zero-order valence-electron chi connectivity index (χ0n) is 10.5. The fraction of sp³-hybridized carbons (Fsp3) is 0.636. The molecule has 0 bridgehead atoms. The van der Waals surface area contributed by atoms with Crippen molar-refractivity contribution < 1.29 is 12.6 Å². The number of halogens is 1. The maximum absolute atomic E-state index is 11.0. The predicted molar refractivity (Wildman–Crippen MR) is 75.3 cm³/mol. The molecule has 8 heteroatoms. The van der Waals surface area contributed by atoms with E-state index in [0.29, 0.717) is 5.95 Å². The highest BCUT2D eigenvalue weighted by Gasteiger charge is 2.24. The Labute approximate surface area is 121 Å². The minimum Gasteiger partial charge on any atom is -0.351 e. The second kappa shape index (κ2) is 6.15. The lowest BCUT2D eigenvalue weighted by Gasteiger charge is -2.28. The normalized spacial score (nSPS) is 24.1. The molecule has 2 rings (SSSR count). The molecule has 0 radical (unpaired) electrons. The summed E-state index contributed by atoms with van der Waals surface area (Å²) in [4.78, 5) is 8.31. The summed E-state index contributed by atoms with van der Waals surface area (Å²) in [6.07, 6.45) is 7.41. The third kappa shape index (κ3) is 5.04. The van der Waals surface area contributed by atoms with E-state index in [2.05, 4.69) is 31.2 Å². The number of nitrogens with one attached hydrogen (secondary N) is 1. The fourth-order valence-electron chi connectivity index (χ4n) is 2.12. The number of rotatable bonds is 4. The minimum absolute atomic E-state index is 0.195. The van der Waals surface area contributed by atoms with E-state index in [1.807, 2.05) is 0 Å². The van der Waals surface area contributed by atoms with Crippen LogP contribution in [-0.2, 0) is 14.3 Å². The van der Waals surface area contributed by atoms with Crippen molar-refractivity contribution in [2.24, 2.45) is 0 Å². The molecule has 1 aliphatic carbocycles. The van der Waals surface area contributed by atoms with Crippen molar-refractivity contribution in [3.8, 4) is 0 Å². The smallest absolute Gasteiger partial charge is 0.264 e. The van der Waals surface area contributed by atoms with Crippen LogP contribution < -0.4 is 5.32 Å². The quantitative estimate of drug-likeness (QED) is 0.836. The molecular formula is C11H16BrN3O3S. The van der Waals surface area contributed by atoms with Gasteiger partial charge in [0.15, 0.2) is 0 Å². The molecule has 106 valence electrons. The van der Waals surface area contributed by atoms with Crippen molar-refractivity contribution in [3.05, 3.63) is 16.9 Å². The molecule has 19 heavy (non-hydrogen) atoms. The molecule has 0 saturated heterocycles. The number of aromatic nitrogens is 2. The lowest BCUT2D eigenvalue weighted by atomic mass is 9.93. The molecule has 1 aromatic rings. The van der Waals surface area contributed by atoms with Gasteiger partial charge < -0.3 is 5.32 Å². The van der Waals surface area contributed by atoms with Crippen LogP contribution in [0.2, 0.25) is 0 Å². The number of nitrogens with zero attached hydrogens (tertiary/aromatic N) is 2. The summed E-state index contributed by atoms with van der Waals surface area (Å²) in [5, 5.41) is 3.24.